The van der Waals surface area contributed by atoms with Crippen LogP contribution in [0.15, 0.2) is 42.5 Å². The summed E-state index contributed by atoms with van der Waals surface area (Å²) in [4.78, 5) is 23.3. The molecular formula is C14H13ClN4O2. The molecule has 7 heteroatoms. The highest BCUT2D eigenvalue weighted by Gasteiger charge is 2.09. The fourth-order valence-electron chi connectivity index (χ4n) is 1.55. The largest absolute Gasteiger partial charge is 0.350 e. The molecule has 108 valence electrons. The summed E-state index contributed by atoms with van der Waals surface area (Å²) in [6.07, 6.45) is 0. The maximum atomic E-state index is 11.7. The Morgan fingerprint density at radius 3 is 2.43 bits per heavy atom. The highest BCUT2D eigenvalue weighted by molar-refractivity contribution is 6.29. The lowest BCUT2D eigenvalue weighted by Gasteiger charge is -2.06. The summed E-state index contributed by atoms with van der Waals surface area (Å²) in [5.41, 5.74) is 1.09. The number of halogens is 1. The molecule has 1 aromatic carbocycles. The second kappa shape index (κ2) is 7.35. The lowest BCUT2D eigenvalue weighted by Crippen LogP contribution is -2.36. The van der Waals surface area contributed by atoms with Gasteiger partial charge >= 0.3 is 0 Å². The van der Waals surface area contributed by atoms with E-state index in [1.54, 1.807) is 0 Å². The van der Waals surface area contributed by atoms with Gasteiger partial charge < -0.3 is 10.6 Å². The molecule has 21 heavy (non-hydrogen) atoms. The van der Waals surface area contributed by atoms with Crippen LogP contribution in [0.3, 0.4) is 0 Å². The number of benzene rings is 1. The first-order chi connectivity index (χ1) is 10.1. The number of hydrogen-bond acceptors (Lipinski definition) is 4. The Morgan fingerprint density at radius 1 is 1.00 bits per heavy atom. The van der Waals surface area contributed by atoms with Gasteiger partial charge in [0.1, 0.15) is 0 Å². The summed E-state index contributed by atoms with van der Waals surface area (Å²) in [7, 11) is 0. The fraction of sp³-hybridized carbons (Fsp3) is 0.143. The minimum atomic E-state index is -0.478. The summed E-state index contributed by atoms with van der Waals surface area (Å²) >= 11 is 5.57. The molecule has 2 rings (SSSR count). The summed E-state index contributed by atoms with van der Waals surface area (Å²) in [5.74, 6) is -0.761. The Hall–Kier alpha value is -2.47. The summed E-state index contributed by atoms with van der Waals surface area (Å²) in [6.45, 7) is 0.284. The van der Waals surface area contributed by atoms with Crippen molar-refractivity contribution >= 4 is 23.4 Å². The van der Waals surface area contributed by atoms with E-state index in [4.69, 9.17) is 11.6 Å². The van der Waals surface area contributed by atoms with Gasteiger partial charge in [0.15, 0.2) is 10.8 Å². The minimum Gasteiger partial charge on any atom is -0.350 e. The fourth-order valence-corrected chi connectivity index (χ4v) is 1.65. The first-order valence-corrected chi connectivity index (χ1v) is 6.61. The van der Waals surface area contributed by atoms with Crippen molar-refractivity contribution in [2.75, 3.05) is 6.54 Å². The van der Waals surface area contributed by atoms with Crippen LogP contribution in [-0.4, -0.2) is 28.6 Å². The number of hydrogen-bond donors (Lipinski definition) is 2. The second-order valence-corrected chi connectivity index (χ2v) is 4.57. The molecule has 0 spiro atoms. The van der Waals surface area contributed by atoms with Crippen molar-refractivity contribution < 1.29 is 9.59 Å². The molecule has 1 aromatic heterocycles. The van der Waals surface area contributed by atoms with Crippen molar-refractivity contribution in [3.63, 3.8) is 0 Å². The predicted octanol–water partition coefficient (Wildman–Crippen LogP) is 1.18. The van der Waals surface area contributed by atoms with E-state index in [1.807, 2.05) is 30.3 Å². The van der Waals surface area contributed by atoms with E-state index in [0.717, 1.165) is 5.56 Å². The summed E-state index contributed by atoms with van der Waals surface area (Å²) in [6, 6.07) is 12.4. The Kier molecular flexibility index (Phi) is 5.22. The van der Waals surface area contributed by atoms with E-state index in [0.29, 0.717) is 6.54 Å². The maximum absolute atomic E-state index is 11.7. The molecule has 0 atom stereocenters. The number of amides is 2. The lowest BCUT2D eigenvalue weighted by molar-refractivity contribution is -0.120. The third-order valence-corrected chi connectivity index (χ3v) is 2.81. The monoisotopic (exact) mass is 304 g/mol. The zero-order valence-corrected chi connectivity index (χ0v) is 11.8. The van der Waals surface area contributed by atoms with Crippen LogP contribution < -0.4 is 10.6 Å². The predicted molar refractivity (Wildman–Crippen MR) is 77.7 cm³/mol. The van der Waals surface area contributed by atoms with Crippen LogP contribution in [0.5, 0.6) is 0 Å². The van der Waals surface area contributed by atoms with E-state index in [-0.39, 0.29) is 23.3 Å². The molecule has 0 fully saturated rings. The van der Waals surface area contributed by atoms with Crippen molar-refractivity contribution in [1.82, 2.24) is 20.8 Å². The van der Waals surface area contributed by atoms with Crippen LogP contribution in [0.2, 0.25) is 5.15 Å². The average molecular weight is 305 g/mol. The van der Waals surface area contributed by atoms with Gasteiger partial charge in [0.2, 0.25) is 5.91 Å². The van der Waals surface area contributed by atoms with Gasteiger partial charge in [-0.05, 0) is 17.7 Å². The molecule has 2 amide bonds. The van der Waals surface area contributed by atoms with Crippen molar-refractivity contribution in [3.05, 3.63) is 58.9 Å². The molecule has 0 aliphatic heterocycles. The molecule has 0 aliphatic carbocycles. The normalized spacial score (nSPS) is 9.95. The van der Waals surface area contributed by atoms with Crippen LogP contribution >= 0.6 is 11.6 Å². The van der Waals surface area contributed by atoms with Gasteiger partial charge in [0.25, 0.3) is 5.91 Å². The van der Waals surface area contributed by atoms with Crippen LogP contribution in [0.4, 0.5) is 0 Å². The van der Waals surface area contributed by atoms with Gasteiger partial charge in [0, 0.05) is 6.54 Å². The molecule has 0 saturated heterocycles. The molecule has 0 radical (unpaired) electrons. The van der Waals surface area contributed by atoms with Gasteiger partial charge in [-0.25, -0.2) is 0 Å². The SMILES string of the molecule is O=C(CNC(=O)c1ccc(Cl)nn1)NCc1ccccc1. The topological polar surface area (TPSA) is 84.0 Å². The molecule has 2 N–H and O–H groups in total. The number of rotatable bonds is 5. The molecular weight excluding hydrogens is 292 g/mol. The summed E-state index contributed by atoms with van der Waals surface area (Å²) in [5, 5.41) is 12.5. The number of carbonyl (C=O) groups excluding carboxylic acids is 2. The maximum Gasteiger partial charge on any atom is 0.272 e. The Bertz CT molecular complexity index is 617. The third-order valence-electron chi connectivity index (χ3n) is 2.61. The first kappa shape index (κ1) is 14.9. The van der Waals surface area contributed by atoms with Crippen LogP contribution in [0.25, 0.3) is 0 Å². The number of carbonyl (C=O) groups is 2. The third kappa shape index (κ3) is 4.85. The van der Waals surface area contributed by atoms with Gasteiger partial charge in [-0.3, -0.25) is 9.59 Å². The average Bonchev–Trinajstić information content (AvgIpc) is 2.52. The van der Waals surface area contributed by atoms with Crippen molar-refractivity contribution in [1.29, 1.82) is 0 Å². The van der Waals surface area contributed by atoms with E-state index >= 15 is 0 Å². The smallest absolute Gasteiger partial charge is 0.272 e. The lowest BCUT2D eigenvalue weighted by atomic mass is 10.2. The highest BCUT2D eigenvalue weighted by atomic mass is 35.5. The van der Waals surface area contributed by atoms with Gasteiger partial charge in [-0.15, -0.1) is 10.2 Å². The Balaban J connectivity index is 1.76. The van der Waals surface area contributed by atoms with Crippen LogP contribution in [0, 0.1) is 0 Å². The van der Waals surface area contributed by atoms with E-state index < -0.39 is 5.91 Å². The minimum absolute atomic E-state index is 0.107. The number of nitrogens with zero attached hydrogens (tertiary/aromatic N) is 2. The molecule has 0 bridgehead atoms. The Labute approximate surface area is 126 Å². The van der Waals surface area contributed by atoms with Crippen molar-refractivity contribution in [3.8, 4) is 0 Å². The first-order valence-electron chi connectivity index (χ1n) is 6.23. The number of aromatic nitrogens is 2. The molecule has 1 heterocycles. The molecule has 0 aliphatic rings. The second-order valence-electron chi connectivity index (χ2n) is 4.19. The molecule has 2 aromatic rings. The zero-order valence-electron chi connectivity index (χ0n) is 11.0. The molecule has 6 nitrogen and oxygen atoms in total. The van der Waals surface area contributed by atoms with E-state index in [2.05, 4.69) is 20.8 Å². The van der Waals surface area contributed by atoms with E-state index in [9.17, 15) is 9.59 Å². The van der Waals surface area contributed by atoms with Crippen LogP contribution in [0.1, 0.15) is 16.1 Å². The zero-order chi connectivity index (χ0) is 15.1. The molecule has 0 saturated carbocycles. The molecule has 0 unspecified atom stereocenters. The van der Waals surface area contributed by atoms with E-state index in [1.165, 1.54) is 12.1 Å². The summed E-state index contributed by atoms with van der Waals surface area (Å²) < 4.78 is 0. The van der Waals surface area contributed by atoms with Crippen LogP contribution in [-0.2, 0) is 11.3 Å². The van der Waals surface area contributed by atoms with Gasteiger partial charge in [-0.2, -0.15) is 0 Å². The van der Waals surface area contributed by atoms with Gasteiger partial charge in [-0.1, -0.05) is 41.9 Å². The van der Waals surface area contributed by atoms with Gasteiger partial charge in [0.05, 0.1) is 6.54 Å². The van der Waals surface area contributed by atoms with Crippen molar-refractivity contribution in [2.24, 2.45) is 0 Å². The standard InChI is InChI=1S/C14H13ClN4O2/c15-12-7-6-11(18-19-12)14(21)17-9-13(20)16-8-10-4-2-1-3-5-10/h1-7H,8-9H2,(H,16,20)(H,17,21). The highest BCUT2D eigenvalue weighted by Crippen LogP contribution is 2.01. The quantitative estimate of drug-likeness (QED) is 0.868. The number of nitrogens with one attached hydrogen (secondary N) is 2. The van der Waals surface area contributed by atoms with Crippen molar-refractivity contribution in [2.45, 2.75) is 6.54 Å². The Morgan fingerprint density at radius 2 is 1.76 bits per heavy atom.